The van der Waals surface area contributed by atoms with Crippen LogP contribution in [0.4, 0.5) is 0 Å². The Morgan fingerprint density at radius 2 is 1.60 bits per heavy atom. The lowest BCUT2D eigenvalue weighted by molar-refractivity contribution is 0.401. The van der Waals surface area contributed by atoms with E-state index in [1.165, 1.54) is 27.8 Å². The van der Waals surface area contributed by atoms with Crippen molar-refractivity contribution >= 4 is 5.96 Å². The molecule has 0 aliphatic rings. The number of nitrogens with two attached hydrogens (primary N) is 1. The lowest BCUT2D eigenvalue weighted by Gasteiger charge is -2.20. The molecule has 2 aromatic rings. The topological polar surface area (TPSA) is 65.1 Å². The van der Waals surface area contributed by atoms with Gasteiger partial charge in [0.05, 0.1) is 0 Å². The molecule has 0 saturated carbocycles. The van der Waals surface area contributed by atoms with E-state index in [9.17, 15) is 0 Å². The van der Waals surface area contributed by atoms with E-state index >= 15 is 0 Å². The summed E-state index contributed by atoms with van der Waals surface area (Å²) in [5.74, 6) is -0.00395. The Labute approximate surface area is 151 Å². The molecule has 0 amide bonds. The Bertz CT molecular complexity index is 725. The van der Waals surface area contributed by atoms with Gasteiger partial charge in [0.15, 0.2) is 5.96 Å². The van der Waals surface area contributed by atoms with Crippen molar-refractivity contribution in [3.8, 4) is 11.1 Å². The maximum absolute atomic E-state index is 7.41. The summed E-state index contributed by atoms with van der Waals surface area (Å²) in [4.78, 5) is 2.14. The van der Waals surface area contributed by atoms with E-state index < -0.39 is 0 Å². The molecular weight excluding hydrogens is 308 g/mol. The largest absolute Gasteiger partial charge is 0.370 e. The summed E-state index contributed by atoms with van der Waals surface area (Å²) in [6.45, 7) is 8.10. The van der Waals surface area contributed by atoms with Crippen molar-refractivity contribution in [2.75, 3.05) is 14.1 Å². The minimum absolute atomic E-state index is 0.00395. The molecule has 0 fully saturated rings. The second-order valence-electron chi connectivity index (χ2n) is 7.82. The molecule has 0 aromatic heterocycles. The van der Waals surface area contributed by atoms with Crippen LogP contribution in [0, 0.1) is 5.41 Å². The zero-order valence-electron chi connectivity index (χ0n) is 16.0. The SMILES string of the molecule is CN(C)Cc1ccc(-c2ccc(C(C)(C)C)cc2)cc1CNC(=N)N. The fourth-order valence-corrected chi connectivity index (χ4v) is 2.82. The highest BCUT2D eigenvalue weighted by Crippen LogP contribution is 2.27. The molecule has 25 heavy (non-hydrogen) atoms. The number of hydrogen-bond donors (Lipinski definition) is 3. The van der Waals surface area contributed by atoms with E-state index in [1.807, 2.05) is 0 Å². The Hall–Kier alpha value is -2.33. The van der Waals surface area contributed by atoms with Crippen molar-refractivity contribution in [2.24, 2.45) is 5.73 Å². The van der Waals surface area contributed by atoms with Crippen LogP contribution < -0.4 is 11.1 Å². The number of nitrogens with one attached hydrogen (secondary N) is 2. The van der Waals surface area contributed by atoms with Crippen molar-refractivity contribution in [1.29, 1.82) is 5.41 Å². The lowest BCUT2D eigenvalue weighted by atomic mass is 9.86. The van der Waals surface area contributed by atoms with E-state index in [1.54, 1.807) is 0 Å². The Balaban J connectivity index is 2.34. The number of benzene rings is 2. The van der Waals surface area contributed by atoms with Crippen LogP contribution in [-0.4, -0.2) is 25.0 Å². The summed E-state index contributed by atoms with van der Waals surface area (Å²) < 4.78 is 0. The molecule has 0 unspecified atom stereocenters. The van der Waals surface area contributed by atoms with Gasteiger partial charge in [0.25, 0.3) is 0 Å². The van der Waals surface area contributed by atoms with Gasteiger partial charge in [-0.1, -0.05) is 57.2 Å². The predicted octanol–water partition coefficient (Wildman–Crippen LogP) is 3.70. The van der Waals surface area contributed by atoms with Gasteiger partial charge in [0, 0.05) is 13.1 Å². The van der Waals surface area contributed by atoms with Crippen LogP contribution in [0.1, 0.15) is 37.5 Å². The third-order valence-corrected chi connectivity index (χ3v) is 4.25. The summed E-state index contributed by atoms with van der Waals surface area (Å²) >= 11 is 0. The monoisotopic (exact) mass is 338 g/mol. The lowest BCUT2D eigenvalue weighted by Crippen LogP contribution is -2.30. The maximum atomic E-state index is 7.41. The molecule has 0 heterocycles. The molecule has 2 aromatic carbocycles. The standard InChI is InChI=1S/C21H30N4/c1-21(2,3)19-10-8-15(9-11-19)16-6-7-17(14-25(4)5)18(12-16)13-24-20(22)23/h6-12H,13-14H2,1-5H3,(H4,22,23,24). The van der Waals surface area contributed by atoms with Crippen molar-refractivity contribution < 1.29 is 0 Å². The van der Waals surface area contributed by atoms with Crippen LogP contribution >= 0.6 is 0 Å². The van der Waals surface area contributed by atoms with E-state index in [4.69, 9.17) is 11.1 Å². The minimum atomic E-state index is -0.00395. The molecule has 0 radical (unpaired) electrons. The van der Waals surface area contributed by atoms with Gasteiger partial charge in [-0.05, 0) is 53.4 Å². The minimum Gasteiger partial charge on any atom is -0.370 e. The second-order valence-corrected chi connectivity index (χ2v) is 7.82. The summed E-state index contributed by atoms with van der Waals surface area (Å²) in [6.07, 6.45) is 0. The fraction of sp³-hybridized carbons (Fsp3) is 0.381. The van der Waals surface area contributed by atoms with Gasteiger partial charge in [-0.3, -0.25) is 5.41 Å². The first-order valence-corrected chi connectivity index (χ1v) is 8.62. The Morgan fingerprint density at radius 3 is 2.12 bits per heavy atom. The van der Waals surface area contributed by atoms with Crippen LogP contribution in [-0.2, 0) is 18.5 Å². The zero-order chi connectivity index (χ0) is 18.6. The molecule has 0 bridgehead atoms. The predicted molar refractivity (Wildman–Crippen MR) is 107 cm³/mol. The quantitative estimate of drug-likeness (QED) is 0.575. The van der Waals surface area contributed by atoms with Gasteiger partial charge in [-0.2, -0.15) is 0 Å². The highest BCUT2D eigenvalue weighted by atomic mass is 15.1. The van der Waals surface area contributed by atoms with Crippen LogP contribution in [0.2, 0.25) is 0 Å². The zero-order valence-corrected chi connectivity index (χ0v) is 16.0. The third-order valence-electron chi connectivity index (χ3n) is 4.25. The van der Waals surface area contributed by atoms with Crippen molar-refractivity contribution in [2.45, 2.75) is 39.3 Å². The van der Waals surface area contributed by atoms with Crippen LogP contribution in [0.5, 0.6) is 0 Å². The molecule has 4 nitrogen and oxygen atoms in total. The Kier molecular flexibility index (Phi) is 5.85. The highest BCUT2D eigenvalue weighted by Gasteiger charge is 2.13. The van der Waals surface area contributed by atoms with Gasteiger partial charge in [-0.15, -0.1) is 0 Å². The normalized spacial score (nSPS) is 11.6. The second kappa shape index (κ2) is 7.70. The van der Waals surface area contributed by atoms with Gasteiger partial charge < -0.3 is 16.0 Å². The molecule has 0 spiro atoms. The first kappa shape index (κ1) is 19.0. The van der Waals surface area contributed by atoms with Crippen LogP contribution in [0.15, 0.2) is 42.5 Å². The summed E-state index contributed by atoms with van der Waals surface area (Å²) in [7, 11) is 4.11. The van der Waals surface area contributed by atoms with E-state index in [2.05, 4.69) is 87.5 Å². The molecule has 0 saturated heterocycles. The molecule has 0 aliphatic heterocycles. The fourth-order valence-electron chi connectivity index (χ4n) is 2.82. The van der Waals surface area contributed by atoms with E-state index in [-0.39, 0.29) is 11.4 Å². The van der Waals surface area contributed by atoms with Crippen molar-refractivity contribution in [3.05, 3.63) is 59.2 Å². The van der Waals surface area contributed by atoms with Crippen LogP contribution in [0.3, 0.4) is 0 Å². The third kappa shape index (κ3) is 5.33. The van der Waals surface area contributed by atoms with E-state index in [0.717, 1.165) is 6.54 Å². The van der Waals surface area contributed by atoms with Gasteiger partial charge in [-0.25, -0.2) is 0 Å². The van der Waals surface area contributed by atoms with Crippen molar-refractivity contribution in [3.63, 3.8) is 0 Å². The number of nitrogens with zero attached hydrogens (tertiary/aromatic N) is 1. The van der Waals surface area contributed by atoms with Crippen molar-refractivity contribution in [1.82, 2.24) is 10.2 Å². The number of guanidine groups is 1. The van der Waals surface area contributed by atoms with Crippen LogP contribution in [0.25, 0.3) is 11.1 Å². The Morgan fingerprint density at radius 1 is 1.00 bits per heavy atom. The smallest absolute Gasteiger partial charge is 0.185 e. The van der Waals surface area contributed by atoms with E-state index in [0.29, 0.717) is 6.54 Å². The summed E-state index contributed by atoms with van der Waals surface area (Å²) in [5, 5.41) is 10.3. The molecule has 4 heteroatoms. The number of hydrogen-bond acceptors (Lipinski definition) is 2. The maximum Gasteiger partial charge on any atom is 0.185 e. The number of rotatable bonds is 5. The summed E-state index contributed by atoms with van der Waals surface area (Å²) in [6, 6.07) is 15.3. The molecular formula is C21H30N4. The summed E-state index contributed by atoms with van der Waals surface area (Å²) in [5.41, 5.74) is 11.7. The molecule has 134 valence electrons. The van der Waals surface area contributed by atoms with Gasteiger partial charge >= 0.3 is 0 Å². The van der Waals surface area contributed by atoms with Gasteiger partial charge in [0.1, 0.15) is 0 Å². The first-order valence-electron chi connectivity index (χ1n) is 8.62. The molecule has 0 atom stereocenters. The molecule has 0 aliphatic carbocycles. The highest BCUT2D eigenvalue weighted by molar-refractivity contribution is 5.74. The molecule has 2 rings (SSSR count). The molecule has 4 N–H and O–H groups in total. The first-order chi connectivity index (χ1) is 11.7. The van der Waals surface area contributed by atoms with Gasteiger partial charge in [0.2, 0.25) is 0 Å². The average molecular weight is 338 g/mol. The average Bonchev–Trinajstić information content (AvgIpc) is 2.52.